The van der Waals surface area contributed by atoms with Gasteiger partial charge in [0.05, 0.1) is 5.56 Å². The van der Waals surface area contributed by atoms with Crippen LogP contribution < -0.4 is 14.8 Å². The van der Waals surface area contributed by atoms with E-state index in [1.54, 1.807) is 18.3 Å². The van der Waals surface area contributed by atoms with Crippen molar-refractivity contribution >= 4 is 23.6 Å². The number of rotatable bonds is 8. The van der Waals surface area contributed by atoms with Crippen molar-refractivity contribution in [3.05, 3.63) is 42.1 Å². The molecule has 1 aromatic carbocycles. The largest absolute Gasteiger partial charge is 0.486 e. The fourth-order valence-electron chi connectivity index (χ4n) is 2.49. The molecule has 0 radical (unpaired) electrons. The standard InChI is InChI=1S/C20H22N2O5S/c1-2-3-8-21-18(23)13-27-20(24)15-5-4-9-22-19(15)28-14-6-7-16-17(12-14)26-11-10-25-16/h4-7,9,12H,2-3,8,10-11,13H2,1H3,(H,21,23). The summed E-state index contributed by atoms with van der Waals surface area (Å²) in [5.74, 6) is 0.468. The number of carbonyl (C=O) groups excluding carboxylic acids is 2. The van der Waals surface area contributed by atoms with Crippen molar-refractivity contribution in [3.63, 3.8) is 0 Å². The second kappa shape index (κ2) is 9.98. The molecule has 0 atom stereocenters. The molecule has 148 valence electrons. The lowest BCUT2D eigenvalue weighted by Crippen LogP contribution is -2.29. The maximum Gasteiger partial charge on any atom is 0.341 e. The first-order chi connectivity index (χ1) is 13.7. The van der Waals surface area contributed by atoms with Gasteiger partial charge in [0.15, 0.2) is 18.1 Å². The first-order valence-electron chi connectivity index (χ1n) is 9.13. The molecule has 0 fully saturated rings. The van der Waals surface area contributed by atoms with Crippen LogP contribution in [0.4, 0.5) is 0 Å². The molecule has 0 bridgehead atoms. The molecule has 0 spiro atoms. The van der Waals surface area contributed by atoms with Crippen molar-refractivity contribution in [1.29, 1.82) is 0 Å². The van der Waals surface area contributed by atoms with Crippen LogP contribution in [0.1, 0.15) is 30.1 Å². The summed E-state index contributed by atoms with van der Waals surface area (Å²) in [4.78, 5) is 29.3. The Bertz CT molecular complexity index is 843. The third kappa shape index (κ3) is 5.39. The Morgan fingerprint density at radius 2 is 2.04 bits per heavy atom. The van der Waals surface area contributed by atoms with Crippen molar-refractivity contribution in [2.75, 3.05) is 26.4 Å². The van der Waals surface area contributed by atoms with Crippen molar-refractivity contribution in [2.45, 2.75) is 29.7 Å². The maximum atomic E-state index is 12.4. The van der Waals surface area contributed by atoms with Crippen LogP contribution in [-0.2, 0) is 9.53 Å². The Morgan fingerprint density at radius 1 is 1.21 bits per heavy atom. The minimum absolute atomic E-state index is 0.309. The molecule has 1 N–H and O–H groups in total. The zero-order chi connectivity index (χ0) is 19.8. The van der Waals surface area contributed by atoms with Gasteiger partial charge < -0.3 is 19.5 Å². The molecule has 7 nitrogen and oxygen atoms in total. The number of ether oxygens (including phenoxy) is 3. The second-order valence-electron chi connectivity index (χ2n) is 6.04. The minimum Gasteiger partial charge on any atom is -0.486 e. The third-order valence-corrected chi connectivity index (χ3v) is 4.91. The number of aromatic nitrogens is 1. The van der Waals surface area contributed by atoms with Gasteiger partial charge in [0.25, 0.3) is 5.91 Å². The van der Waals surface area contributed by atoms with E-state index in [-0.39, 0.29) is 12.5 Å². The van der Waals surface area contributed by atoms with E-state index in [9.17, 15) is 9.59 Å². The summed E-state index contributed by atoms with van der Waals surface area (Å²) in [7, 11) is 0. The number of benzene rings is 1. The molecule has 0 aliphatic carbocycles. The Kier molecular flexibility index (Phi) is 7.13. The van der Waals surface area contributed by atoms with Gasteiger partial charge >= 0.3 is 5.97 Å². The average Bonchev–Trinajstić information content (AvgIpc) is 2.72. The summed E-state index contributed by atoms with van der Waals surface area (Å²) in [6.07, 6.45) is 3.48. The molecule has 3 rings (SSSR count). The van der Waals surface area contributed by atoms with Crippen LogP contribution in [-0.4, -0.2) is 43.2 Å². The lowest BCUT2D eigenvalue weighted by molar-refractivity contribution is -0.124. The van der Waals surface area contributed by atoms with E-state index in [0.717, 1.165) is 17.7 Å². The van der Waals surface area contributed by atoms with Crippen LogP contribution >= 0.6 is 11.8 Å². The van der Waals surface area contributed by atoms with Crippen LogP contribution in [0.3, 0.4) is 0 Å². The van der Waals surface area contributed by atoms with Gasteiger partial charge in [-0.2, -0.15) is 0 Å². The van der Waals surface area contributed by atoms with E-state index in [0.29, 0.717) is 41.8 Å². The number of unbranched alkanes of at least 4 members (excludes halogenated alkanes) is 1. The zero-order valence-corrected chi connectivity index (χ0v) is 16.4. The molecule has 1 aromatic heterocycles. The van der Waals surface area contributed by atoms with Gasteiger partial charge in [0.1, 0.15) is 18.2 Å². The first kappa shape index (κ1) is 20.0. The van der Waals surface area contributed by atoms with Crippen LogP contribution in [0.2, 0.25) is 0 Å². The maximum absolute atomic E-state index is 12.4. The molecular formula is C20H22N2O5S. The summed E-state index contributed by atoms with van der Waals surface area (Å²) in [5, 5.41) is 3.21. The van der Waals surface area contributed by atoms with E-state index in [1.165, 1.54) is 11.8 Å². The first-order valence-corrected chi connectivity index (χ1v) is 9.95. The van der Waals surface area contributed by atoms with Crippen molar-refractivity contribution in [3.8, 4) is 11.5 Å². The molecule has 2 aromatic rings. The molecule has 8 heteroatoms. The summed E-state index contributed by atoms with van der Waals surface area (Å²) in [5.41, 5.74) is 0.309. The van der Waals surface area contributed by atoms with E-state index >= 15 is 0 Å². The van der Waals surface area contributed by atoms with Crippen LogP contribution in [0.25, 0.3) is 0 Å². The number of amides is 1. The van der Waals surface area contributed by atoms with E-state index in [4.69, 9.17) is 14.2 Å². The Morgan fingerprint density at radius 3 is 2.86 bits per heavy atom. The number of hydrogen-bond donors (Lipinski definition) is 1. The minimum atomic E-state index is -0.584. The fourth-order valence-corrected chi connectivity index (χ4v) is 3.39. The lowest BCUT2D eigenvalue weighted by atomic mass is 10.3. The topological polar surface area (TPSA) is 86.8 Å². The quantitative estimate of drug-likeness (QED) is 0.536. The predicted molar refractivity (Wildman–Crippen MR) is 104 cm³/mol. The molecule has 0 saturated heterocycles. The highest BCUT2D eigenvalue weighted by molar-refractivity contribution is 7.99. The fraction of sp³-hybridized carbons (Fsp3) is 0.350. The Balaban J connectivity index is 1.64. The highest BCUT2D eigenvalue weighted by Gasteiger charge is 2.18. The van der Waals surface area contributed by atoms with Gasteiger partial charge in [-0.25, -0.2) is 9.78 Å². The number of nitrogens with one attached hydrogen (secondary N) is 1. The van der Waals surface area contributed by atoms with Crippen molar-refractivity contribution in [2.24, 2.45) is 0 Å². The molecule has 28 heavy (non-hydrogen) atoms. The van der Waals surface area contributed by atoms with Gasteiger partial charge in [-0.3, -0.25) is 4.79 Å². The average molecular weight is 402 g/mol. The van der Waals surface area contributed by atoms with Crippen molar-refractivity contribution < 1.29 is 23.8 Å². The van der Waals surface area contributed by atoms with Crippen LogP contribution in [0.15, 0.2) is 46.5 Å². The van der Waals surface area contributed by atoms with Crippen LogP contribution in [0, 0.1) is 0 Å². The zero-order valence-electron chi connectivity index (χ0n) is 15.6. The summed E-state index contributed by atoms with van der Waals surface area (Å²) in [6, 6.07) is 8.85. The number of pyridine rings is 1. The van der Waals surface area contributed by atoms with E-state index in [1.807, 2.05) is 25.1 Å². The molecule has 1 amide bonds. The number of fused-ring (bicyclic) bond motifs is 1. The highest BCUT2D eigenvalue weighted by Crippen LogP contribution is 2.37. The van der Waals surface area contributed by atoms with Gasteiger partial charge in [0, 0.05) is 17.6 Å². The molecule has 0 unspecified atom stereocenters. The normalized spacial score (nSPS) is 12.3. The summed E-state index contributed by atoms with van der Waals surface area (Å²) >= 11 is 1.32. The smallest absolute Gasteiger partial charge is 0.341 e. The number of nitrogens with zero attached hydrogens (tertiary/aromatic N) is 1. The summed E-state index contributed by atoms with van der Waals surface area (Å²) in [6.45, 7) is 3.33. The van der Waals surface area contributed by atoms with Crippen molar-refractivity contribution in [1.82, 2.24) is 10.3 Å². The van der Waals surface area contributed by atoms with Gasteiger partial charge in [-0.05, 0) is 36.8 Å². The van der Waals surface area contributed by atoms with Crippen LogP contribution in [0.5, 0.6) is 11.5 Å². The van der Waals surface area contributed by atoms with Gasteiger partial charge in [0.2, 0.25) is 0 Å². The third-order valence-electron chi connectivity index (χ3n) is 3.91. The molecule has 2 heterocycles. The molecule has 1 aliphatic heterocycles. The highest BCUT2D eigenvalue weighted by atomic mass is 32.2. The Labute approximate surface area is 167 Å². The molecule has 0 saturated carbocycles. The predicted octanol–water partition coefficient (Wildman–Crippen LogP) is 3.08. The van der Waals surface area contributed by atoms with Gasteiger partial charge in [-0.1, -0.05) is 25.1 Å². The number of carbonyl (C=O) groups is 2. The van der Waals surface area contributed by atoms with E-state index in [2.05, 4.69) is 10.3 Å². The van der Waals surface area contributed by atoms with E-state index < -0.39 is 5.97 Å². The lowest BCUT2D eigenvalue weighted by Gasteiger charge is -2.18. The SMILES string of the molecule is CCCCNC(=O)COC(=O)c1cccnc1Sc1ccc2c(c1)OCCO2. The molecular weight excluding hydrogens is 380 g/mol. The van der Waals surface area contributed by atoms with Gasteiger partial charge in [-0.15, -0.1) is 0 Å². The molecule has 1 aliphatic rings. The summed E-state index contributed by atoms with van der Waals surface area (Å²) < 4.78 is 16.2. The Hall–Kier alpha value is -2.74. The second-order valence-corrected chi connectivity index (χ2v) is 7.11. The monoisotopic (exact) mass is 402 g/mol. The number of hydrogen-bond acceptors (Lipinski definition) is 7. The number of esters is 1.